The Bertz CT molecular complexity index is 192. The van der Waals surface area contributed by atoms with E-state index in [1.54, 1.807) is 6.92 Å². The Labute approximate surface area is 89.6 Å². The molecule has 1 aliphatic carbocycles. The monoisotopic (exact) mass is 225 g/mol. The molecule has 3 unspecified atom stereocenters. The van der Waals surface area contributed by atoms with Crippen molar-refractivity contribution < 1.29 is 13.9 Å². The molecule has 1 aliphatic rings. The standard InChI is InChI=1S/C9H16FNO2.ClH/c1-2-13-9(12)7-5-6(10)3-4-8(7)11;/h6-8H,2-5,11H2,1H3;1H. The van der Waals surface area contributed by atoms with E-state index in [1.807, 2.05) is 0 Å². The molecule has 2 N–H and O–H groups in total. The topological polar surface area (TPSA) is 52.3 Å². The third-order valence-corrected chi connectivity index (χ3v) is 2.43. The Hall–Kier alpha value is -0.350. The fraction of sp³-hybridized carbons (Fsp3) is 0.889. The molecule has 3 atom stereocenters. The van der Waals surface area contributed by atoms with Crippen molar-refractivity contribution in [1.29, 1.82) is 0 Å². The summed E-state index contributed by atoms with van der Waals surface area (Å²) < 4.78 is 17.8. The maximum absolute atomic E-state index is 12.9. The van der Waals surface area contributed by atoms with Crippen molar-refractivity contribution in [3.05, 3.63) is 0 Å². The molecule has 0 aromatic rings. The fourth-order valence-corrected chi connectivity index (χ4v) is 1.66. The lowest BCUT2D eigenvalue weighted by atomic mass is 9.84. The molecule has 84 valence electrons. The molecule has 3 nitrogen and oxygen atoms in total. The maximum atomic E-state index is 12.9. The van der Waals surface area contributed by atoms with Crippen LogP contribution < -0.4 is 5.73 Å². The average Bonchev–Trinajstić information content (AvgIpc) is 2.09. The van der Waals surface area contributed by atoms with Crippen LogP contribution in [-0.2, 0) is 9.53 Å². The minimum atomic E-state index is -0.894. The van der Waals surface area contributed by atoms with Crippen LogP contribution >= 0.6 is 12.4 Å². The van der Waals surface area contributed by atoms with Crippen LogP contribution in [0.25, 0.3) is 0 Å². The van der Waals surface area contributed by atoms with E-state index >= 15 is 0 Å². The highest BCUT2D eigenvalue weighted by Crippen LogP contribution is 2.26. The molecule has 0 spiro atoms. The van der Waals surface area contributed by atoms with Crippen LogP contribution in [0.5, 0.6) is 0 Å². The molecule has 0 heterocycles. The van der Waals surface area contributed by atoms with E-state index in [9.17, 15) is 9.18 Å². The number of rotatable bonds is 2. The lowest BCUT2D eigenvalue weighted by Crippen LogP contribution is -2.42. The first-order valence-electron chi connectivity index (χ1n) is 4.71. The third kappa shape index (κ3) is 3.42. The first-order chi connectivity index (χ1) is 6.15. The van der Waals surface area contributed by atoms with Crippen LogP contribution in [-0.4, -0.2) is 24.8 Å². The normalized spacial score (nSPS) is 31.8. The van der Waals surface area contributed by atoms with Crippen molar-refractivity contribution in [3.63, 3.8) is 0 Å². The molecule has 5 heteroatoms. The zero-order valence-electron chi connectivity index (χ0n) is 8.24. The zero-order chi connectivity index (χ0) is 9.84. The number of hydrogen-bond donors (Lipinski definition) is 1. The molecular formula is C9H17ClFNO2. The van der Waals surface area contributed by atoms with E-state index in [2.05, 4.69) is 0 Å². The maximum Gasteiger partial charge on any atom is 0.310 e. The molecule has 0 aromatic heterocycles. The average molecular weight is 226 g/mol. The summed E-state index contributed by atoms with van der Waals surface area (Å²) in [7, 11) is 0. The molecule has 0 amide bonds. The van der Waals surface area contributed by atoms with Gasteiger partial charge < -0.3 is 10.5 Å². The van der Waals surface area contributed by atoms with Gasteiger partial charge in [-0.1, -0.05) is 0 Å². The number of esters is 1. The Morgan fingerprint density at radius 1 is 1.57 bits per heavy atom. The lowest BCUT2D eigenvalue weighted by Gasteiger charge is -2.28. The Morgan fingerprint density at radius 2 is 2.21 bits per heavy atom. The molecule has 1 fully saturated rings. The van der Waals surface area contributed by atoms with Gasteiger partial charge in [0.25, 0.3) is 0 Å². The van der Waals surface area contributed by atoms with E-state index in [0.717, 1.165) is 0 Å². The molecule has 0 radical (unpaired) electrons. The highest BCUT2D eigenvalue weighted by Gasteiger charge is 2.34. The molecule has 0 aliphatic heterocycles. The largest absolute Gasteiger partial charge is 0.466 e. The summed E-state index contributed by atoms with van der Waals surface area (Å²) in [6.45, 7) is 2.07. The number of hydrogen-bond acceptors (Lipinski definition) is 3. The number of carbonyl (C=O) groups excluding carboxylic acids is 1. The first kappa shape index (κ1) is 13.7. The van der Waals surface area contributed by atoms with Crippen LogP contribution in [0.4, 0.5) is 4.39 Å². The molecular weight excluding hydrogens is 209 g/mol. The van der Waals surface area contributed by atoms with Gasteiger partial charge >= 0.3 is 5.97 Å². The minimum absolute atomic E-state index is 0. The molecule has 0 saturated heterocycles. The van der Waals surface area contributed by atoms with E-state index in [0.29, 0.717) is 19.4 Å². The van der Waals surface area contributed by atoms with Crippen LogP contribution in [0.15, 0.2) is 0 Å². The summed E-state index contributed by atoms with van der Waals surface area (Å²) in [5.41, 5.74) is 5.70. The van der Waals surface area contributed by atoms with Crippen LogP contribution in [0.2, 0.25) is 0 Å². The second-order valence-electron chi connectivity index (χ2n) is 3.43. The Kier molecular flexibility index (Phi) is 6.04. The van der Waals surface area contributed by atoms with Crippen molar-refractivity contribution >= 4 is 18.4 Å². The van der Waals surface area contributed by atoms with E-state index in [4.69, 9.17) is 10.5 Å². The summed E-state index contributed by atoms with van der Waals surface area (Å²) in [4.78, 5) is 11.3. The quantitative estimate of drug-likeness (QED) is 0.724. The van der Waals surface area contributed by atoms with Crippen LogP contribution in [0.1, 0.15) is 26.2 Å². The number of carbonyl (C=O) groups is 1. The van der Waals surface area contributed by atoms with Gasteiger partial charge in [-0.2, -0.15) is 0 Å². The van der Waals surface area contributed by atoms with Gasteiger partial charge in [0.05, 0.1) is 12.5 Å². The lowest BCUT2D eigenvalue weighted by molar-refractivity contribution is -0.150. The number of alkyl halides is 1. The predicted molar refractivity (Wildman–Crippen MR) is 54.1 cm³/mol. The van der Waals surface area contributed by atoms with Gasteiger partial charge in [-0.05, 0) is 26.2 Å². The van der Waals surface area contributed by atoms with Crippen LogP contribution in [0.3, 0.4) is 0 Å². The summed E-state index contributed by atoms with van der Waals surface area (Å²) in [6.07, 6.45) is 0.371. The molecule has 14 heavy (non-hydrogen) atoms. The van der Waals surface area contributed by atoms with E-state index in [-0.39, 0.29) is 30.8 Å². The molecule has 1 saturated carbocycles. The summed E-state index contributed by atoms with van der Waals surface area (Å²) in [5, 5.41) is 0. The first-order valence-corrected chi connectivity index (χ1v) is 4.71. The van der Waals surface area contributed by atoms with Gasteiger partial charge in [-0.15, -0.1) is 12.4 Å². The van der Waals surface area contributed by atoms with Crippen LogP contribution in [0, 0.1) is 5.92 Å². The minimum Gasteiger partial charge on any atom is -0.466 e. The molecule has 1 rings (SSSR count). The Morgan fingerprint density at radius 3 is 2.79 bits per heavy atom. The second-order valence-corrected chi connectivity index (χ2v) is 3.43. The van der Waals surface area contributed by atoms with Crippen molar-refractivity contribution in [1.82, 2.24) is 0 Å². The van der Waals surface area contributed by atoms with Crippen molar-refractivity contribution in [3.8, 4) is 0 Å². The predicted octanol–water partition coefficient (Wildman–Crippen LogP) is 1.44. The zero-order valence-corrected chi connectivity index (χ0v) is 9.06. The molecule has 0 bridgehead atoms. The third-order valence-electron chi connectivity index (χ3n) is 2.43. The van der Waals surface area contributed by atoms with Gasteiger partial charge in [0.15, 0.2) is 0 Å². The van der Waals surface area contributed by atoms with Crippen molar-refractivity contribution in [2.24, 2.45) is 11.7 Å². The van der Waals surface area contributed by atoms with E-state index < -0.39 is 12.1 Å². The summed E-state index contributed by atoms with van der Waals surface area (Å²) >= 11 is 0. The van der Waals surface area contributed by atoms with Gasteiger partial charge in [0, 0.05) is 6.04 Å². The van der Waals surface area contributed by atoms with Gasteiger partial charge in [-0.25, -0.2) is 4.39 Å². The second kappa shape index (κ2) is 6.19. The SMILES string of the molecule is CCOC(=O)C1CC(F)CCC1N.Cl. The highest BCUT2D eigenvalue weighted by atomic mass is 35.5. The van der Waals surface area contributed by atoms with Crippen molar-refractivity contribution in [2.45, 2.75) is 38.4 Å². The summed E-state index contributed by atoms with van der Waals surface area (Å²) in [5.74, 6) is -0.791. The molecule has 0 aromatic carbocycles. The number of halogens is 2. The number of ether oxygens (including phenoxy) is 1. The smallest absolute Gasteiger partial charge is 0.310 e. The van der Waals surface area contributed by atoms with Gasteiger partial charge in [-0.3, -0.25) is 4.79 Å². The Balaban J connectivity index is 0.00000169. The highest BCUT2D eigenvalue weighted by molar-refractivity contribution is 5.85. The van der Waals surface area contributed by atoms with Gasteiger partial charge in [0.2, 0.25) is 0 Å². The summed E-state index contributed by atoms with van der Waals surface area (Å²) in [6, 6.07) is -0.231. The van der Waals surface area contributed by atoms with Crippen molar-refractivity contribution in [2.75, 3.05) is 6.61 Å². The number of nitrogens with two attached hydrogens (primary N) is 1. The van der Waals surface area contributed by atoms with E-state index in [1.165, 1.54) is 0 Å². The fourth-order valence-electron chi connectivity index (χ4n) is 1.66. The van der Waals surface area contributed by atoms with Gasteiger partial charge in [0.1, 0.15) is 6.17 Å².